The quantitative estimate of drug-likeness (QED) is 0.436. The van der Waals surface area contributed by atoms with Gasteiger partial charge in [0.1, 0.15) is 11.4 Å². The lowest BCUT2D eigenvalue weighted by Gasteiger charge is -2.18. The molecule has 2 heterocycles. The average Bonchev–Trinajstić information content (AvgIpc) is 3.44. The molecule has 29 heavy (non-hydrogen) atoms. The summed E-state index contributed by atoms with van der Waals surface area (Å²) in [4.78, 5) is 6.98. The van der Waals surface area contributed by atoms with Crippen LogP contribution in [0.5, 0.6) is 11.5 Å². The number of aromatic nitrogens is 1. The number of hydrogen-bond acceptors (Lipinski definition) is 5. The molecule has 1 aliphatic rings. The Labute approximate surface area is 169 Å². The van der Waals surface area contributed by atoms with Crippen molar-refractivity contribution in [2.45, 2.75) is 12.8 Å². The van der Waals surface area contributed by atoms with Gasteiger partial charge in [-0.2, -0.15) is 0 Å². The first-order valence-electron chi connectivity index (χ1n) is 9.91. The Hall–Kier alpha value is -3.21. The zero-order valence-corrected chi connectivity index (χ0v) is 16.9. The summed E-state index contributed by atoms with van der Waals surface area (Å²) in [5, 5.41) is 3.17. The summed E-state index contributed by atoms with van der Waals surface area (Å²) >= 11 is 0. The Morgan fingerprint density at radius 3 is 2.52 bits per heavy atom. The summed E-state index contributed by atoms with van der Waals surface area (Å²) in [6, 6.07) is 12.3. The molecule has 0 spiro atoms. The van der Waals surface area contributed by atoms with Crippen molar-refractivity contribution in [1.82, 2.24) is 4.98 Å². The molecule has 4 aromatic rings. The van der Waals surface area contributed by atoms with Gasteiger partial charge in [0, 0.05) is 36.3 Å². The van der Waals surface area contributed by atoms with Crippen molar-refractivity contribution >= 4 is 27.6 Å². The Morgan fingerprint density at radius 1 is 1.03 bits per heavy atom. The van der Waals surface area contributed by atoms with E-state index in [2.05, 4.69) is 30.1 Å². The van der Waals surface area contributed by atoms with Crippen LogP contribution in [-0.2, 0) is 0 Å². The third-order valence-corrected chi connectivity index (χ3v) is 5.72. The molecular formula is C24H24N2O3. The molecule has 1 aliphatic carbocycles. The SMILES string of the molecule is COc1cc2cc3ccoc3c(-c3ccc(N(C)CC4CC4)nc3)c2cc1OC. The molecule has 0 aliphatic heterocycles. The first kappa shape index (κ1) is 17.9. The minimum Gasteiger partial charge on any atom is -0.493 e. The number of anilines is 1. The summed E-state index contributed by atoms with van der Waals surface area (Å²) in [7, 11) is 5.42. The maximum atomic E-state index is 5.87. The van der Waals surface area contributed by atoms with Crippen LogP contribution in [0.4, 0.5) is 5.82 Å². The van der Waals surface area contributed by atoms with Crippen LogP contribution in [0.25, 0.3) is 32.9 Å². The second kappa shape index (κ2) is 6.99. The fraction of sp³-hybridized carbons (Fsp3) is 0.292. The number of benzene rings is 2. The van der Waals surface area contributed by atoms with Gasteiger partial charge in [0.15, 0.2) is 11.5 Å². The molecule has 0 N–H and O–H groups in total. The van der Waals surface area contributed by atoms with Gasteiger partial charge >= 0.3 is 0 Å². The van der Waals surface area contributed by atoms with Crippen molar-refractivity contribution in [2.75, 3.05) is 32.7 Å². The molecule has 2 aromatic heterocycles. The van der Waals surface area contributed by atoms with Crippen LogP contribution in [0.2, 0.25) is 0 Å². The molecule has 5 nitrogen and oxygen atoms in total. The van der Waals surface area contributed by atoms with E-state index in [1.165, 1.54) is 12.8 Å². The van der Waals surface area contributed by atoms with Gasteiger partial charge in [-0.3, -0.25) is 0 Å². The summed E-state index contributed by atoms with van der Waals surface area (Å²) in [5.41, 5.74) is 2.89. The monoisotopic (exact) mass is 388 g/mol. The molecule has 1 saturated carbocycles. The van der Waals surface area contributed by atoms with E-state index in [4.69, 9.17) is 18.9 Å². The second-order valence-corrected chi connectivity index (χ2v) is 7.75. The molecule has 0 bridgehead atoms. The van der Waals surface area contributed by atoms with Gasteiger partial charge in [-0.05, 0) is 65.9 Å². The van der Waals surface area contributed by atoms with Gasteiger partial charge in [-0.15, -0.1) is 0 Å². The van der Waals surface area contributed by atoms with Crippen LogP contribution in [0, 0.1) is 5.92 Å². The van der Waals surface area contributed by atoms with Crippen molar-refractivity contribution < 1.29 is 13.9 Å². The predicted octanol–water partition coefficient (Wildman–Crippen LogP) is 5.51. The molecule has 1 fully saturated rings. The molecule has 5 rings (SSSR count). The molecule has 148 valence electrons. The highest BCUT2D eigenvalue weighted by atomic mass is 16.5. The number of hydrogen-bond donors (Lipinski definition) is 0. The number of fused-ring (bicyclic) bond motifs is 2. The largest absolute Gasteiger partial charge is 0.493 e. The van der Waals surface area contributed by atoms with Crippen molar-refractivity contribution in [3.63, 3.8) is 0 Å². The average molecular weight is 388 g/mol. The molecule has 0 amide bonds. The summed E-state index contributed by atoms with van der Waals surface area (Å²) < 4.78 is 16.9. The number of pyridine rings is 1. The van der Waals surface area contributed by atoms with E-state index in [1.54, 1.807) is 20.5 Å². The second-order valence-electron chi connectivity index (χ2n) is 7.75. The fourth-order valence-corrected chi connectivity index (χ4v) is 3.98. The Morgan fingerprint density at radius 2 is 1.83 bits per heavy atom. The van der Waals surface area contributed by atoms with Gasteiger partial charge in [-0.1, -0.05) is 0 Å². The maximum absolute atomic E-state index is 5.87. The van der Waals surface area contributed by atoms with Crippen molar-refractivity contribution in [2.24, 2.45) is 5.92 Å². The van der Waals surface area contributed by atoms with E-state index in [-0.39, 0.29) is 0 Å². The van der Waals surface area contributed by atoms with E-state index in [0.717, 1.165) is 51.1 Å². The Bertz CT molecular complexity index is 1180. The van der Waals surface area contributed by atoms with Crippen LogP contribution in [0.1, 0.15) is 12.8 Å². The van der Waals surface area contributed by atoms with Gasteiger partial charge in [0.25, 0.3) is 0 Å². The van der Waals surface area contributed by atoms with Gasteiger partial charge in [0.05, 0.1) is 20.5 Å². The summed E-state index contributed by atoms with van der Waals surface area (Å²) in [6.45, 7) is 1.07. The van der Waals surface area contributed by atoms with Gasteiger partial charge in [0.2, 0.25) is 0 Å². The first-order chi connectivity index (χ1) is 14.2. The van der Waals surface area contributed by atoms with Crippen LogP contribution in [0.3, 0.4) is 0 Å². The highest BCUT2D eigenvalue weighted by molar-refractivity contribution is 6.11. The van der Waals surface area contributed by atoms with Gasteiger partial charge in [-0.25, -0.2) is 4.98 Å². The summed E-state index contributed by atoms with van der Waals surface area (Å²) in [6.07, 6.45) is 6.33. The van der Waals surface area contributed by atoms with Gasteiger partial charge < -0.3 is 18.8 Å². The number of methoxy groups -OCH3 is 2. The van der Waals surface area contributed by atoms with Crippen molar-refractivity contribution in [1.29, 1.82) is 0 Å². The minimum absolute atomic E-state index is 0.695. The molecule has 0 unspecified atom stereocenters. The normalized spacial score (nSPS) is 13.8. The van der Waals surface area contributed by atoms with Crippen LogP contribution in [-0.4, -0.2) is 32.8 Å². The van der Waals surface area contributed by atoms with E-state index in [0.29, 0.717) is 11.5 Å². The first-order valence-corrected chi connectivity index (χ1v) is 9.91. The Kier molecular flexibility index (Phi) is 4.31. The third-order valence-electron chi connectivity index (χ3n) is 5.72. The maximum Gasteiger partial charge on any atom is 0.161 e. The lowest BCUT2D eigenvalue weighted by molar-refractivity contribution is 0.356. The zero-order valence-electron chi connectivity index (χ0n) is 16.9. The van der Waals surface area contributed by atoms with Crippen LogP contribution >= 0.6 is 0 Å². The zero-order chi connectivity index (χ0) is 20.0. The smallest absolute Gasteiger partial charge is 0.161 e. The minimum atomic E-state index is 0.695. The molecule has 2 aromatic carbocycles. The standard InChI is InChI=1S/C24H24N2O3/c1-26(14-15-4-5-15)22-7-6-17(13-25-22)23-19-12-21(28-3)20(27-2)11-18(19)10-16-8-9-29-24(16)23/h6-13,15H,4-5,14H2,1-3H3. The molecule has 5 heteroatoms. The van der Waals surface area contributed by atoms with E-state index in [1.807, 2.05) is 24.4 Å². The lowest BCUT2D eigenvalue weighted by Crippen LogP contribution is -2.20. The summed E-state index contributed by atoms with van der Waals surface area (Å²) in [5.74, 6) is 3.23. The van der Waals surface area contributed by atoms with Crippen LogP contribution in [0.15, 0.2) is 53.3 Å². The molecule has 0 atom stereocenters. The third kappa shape index (κ3) is 3.16. The van der Waals surface area contributed by atoms with E-state index in [9.17, 15) is 0 Å². The number of rotatable bonds is 6. The highest BCUT2D eigenvalue weighted by Gasteiger charge is 2.23. The number of nitrogens with zero attached hydrogens (tertiary/aromatic N) is 2. The highest BCUT2D eigenvalue weighted by Crippen LogP contribution is 2.41. The molecule has 0 saturated heterocycles. The molecule has 0 radical (unpaired) electrons. The lowest BCUT2D eigenvalue weighted by atomic mass is 9.96. The topological polar surface area (TPSA) is 47.7 Å². The number of ether oxygens (including phenoxy) is 2. The van der Waals surface area contributed by atoms with Crippen molar-refractivity contribution in [3.05, 3.63) is 48.9 Å². The predicted molar refractivity (Wildman–Crippen MR) is 116 cm³/mol. The molecular weight excluding hydrogens is 364 g/mol. The van der Waals surface area contributed by atoms with Crippen molar-refractivity contribution in [3.8, 4) is 22.6 Å². The Balaban J connectivity index is 1.66. The van der Waals surface area contributed by atoms with E-state index < -0.39 is 0 Å². The van der Waals surface area contributed by atoms with E-state index >= 15 is 0 Å². The number of furan rings is 1. The van der Waals surface area contributed by atoms with Crippen LogP contribution < -0.4 is 14.4 Å². The fourth-order valence-electron chi connectivity index (χ4n) is 3.98.